The first-order valence-electron chi connectivity index (χ1n) is 7.24. The van der Waals surface area contributed by atoms with E-state index < -0.39 is 0 Å². The van der Waals surface area contributed by atoms with Crippen LogP contribution in [0.3, 0.4) is 0 Å². The van der Waals surface area contributed by atoms with Crippen LogP contribution in [0.4, 0.5) is 0 Å². The molecule has 1 saturated heterocycles. The lowest BCUT2D eigenvalue weighted by molar-refractivity contribution is 0.626. The number of H-pyrrole nitrogens is 1. The van der Waals surface area contributed by atoms with Gasteiger partial charge in [0.15, 0.2) is 0 Å². The average Bonchev–Trinajstić information content (AvgIpc) is 3.11. The molecule has 2 N–H and O–H groups in total. The molecule has 2 heterocycles. The van der Waals surface area contributed by atoms with Crippen LogP contribution in [0.15, 0.2) is 30.5 Å². The van der Waals surface area contributed by atoms with Gasteiger partial charge in [-0.1, -0.05) is 37.6 Å². The smallest absolute Gasteiger partial charge is 0.0599 e. The van der Waals surface area contributed by atoms with Crippen molar-refractivity contribution in [3.63, 3.8) is 0 Å². The number of aromatic amines is 1. The van der Waals surface area contributed by atoms with E-state index >= 15 is 0 Å². The van der Waals surface area contributed by atoms with Crippen LogP contribution in [0.2, 0.25) is 0 Å². The summed E-state index contributed by atoms with van der Waals surface area (Å²) in [6.45, 7) is 3.33. The maximum absolute atomic E-state index is 4.24. The molecule has 1 atom stereocenters. The van der Waals surface area contributed by atoms with Crippen LogP contribution in [0.5, 0.6) is 0 Å². The van der Waals surface area contributed by atoms with E-state index in [9.17, 15) is 0 Å². The number of aromatic nitrogens is 2. The first-order chi connectivity index (χ1) is 9.38. The zero-order valence-corrected chi connectivity index (χ0v) is 11.4. The Morgan fingerprint density at radius 2 is 2.11 bits per heavy atom. The molecule has 1 aliphatic heterocycles. The minimum atomic E-state index is 0.438. The monoisotopic (exact) mass is 255 g/mol. The number of nitrogens with zero attached hydrogens (tertiary/aromatic N) is 1. The van der Waals surface area contributed by atoms with E-state index in [0.717, 1.165) is 13.0 Å². The minimum absolute atomic E-state index is 0.438. The molecular formula is C16H21N3. The van der Waals surface area contributed by atoms with Gasteiger partial charge in [0, 0.05) is 11.6 Å². The number of hydrogen-bond acceptors (Lipinski definition) is 2. The molecule has 1 aliphatic rings. The summed E-state index contributed by atoms with van der Waals surface area (Å²) < 4.78 is 0. The summed E-state index contributed by atoms with van der Waals surface area (Å²) in [6, 6.07) is 9.34. The number of aryl methyl sites for hydroxylation is 1. The zero-order chi connectivity index (χ0) is 13.1. The molecule has 3 rings (SSSR count). The Morgan fingerprint density at radius 1 is 1.26 bits per heavy atom. The van der Waals surface area contributed by atoms with Crippen molar-refractivity contribution >= 4 is 0 Å². The molecular weight excluding hydrogens is 234 g/mol. The fourth-order valence-electron chi connectivity index (χ4n) is 2.86. The maximum Gasteiger partial charge on any atom is 0.0599 e. The van der Waals surface area contributed by atoms with Crippen molar-refractivity contribution in [1.29, 1.82) is 0 Å². The second kappa shape index (κ2) is 5.57. The highest BCUT2D eigenvalue weighted by Crippen LogP contribution is 2.30. The topological polar surface area (TPSA) is 40.7 Å². The van der Waals surface area contributed by atoms with E-state index in [1.54, 1.807) is 0 Å². The predicted molar refractivity (Wildman–Crippen MR) is 78.0 cm³/mol. The summed E-state index contributed by atoms with van der Waals surface area (Å²) in [5.41, 5.74) is 5.15. The van der Waals surface area contributed by atoms with Gasteiger partial charge in [0.2, 0.25) is 0 Å². The SMILES string of the molecule is CCCc1ccc(-c2cn[nH]c2C2CCCN2)cc1. The standard InChI is InChI=1S/C16H21N3/c1-2-4-12-6-8-13(9-7-12)14-11-18-19-16(14)15-5-3-10-17-15/h6-9,11,15,17H,2-5,10H2,1H3,(H,18,19). The quantitative estimate of drug-likeness (QED) is 0.878. The van der Waals surface area contributed by atoms with Crippen LogP contribution in [0, 0.1) is 0 Å². The Hall–Kier alpha value is -1.61. The lowest BCUT2D eigenvalue weighted by Crippen LogP contribution is -2.14. The van der Waals surface area contributed by atoms with Crippen LogP contribution < -0.4 is 5.32 Å². The summed E-state index contributed by atoms with van der Waals surface area (Å²) >= 11 is 0. The minimum Gasteiger partial charge on any atom is -0.309 e. The predicted octanol–water partition coefficient (Wildman–Crippen LogP) is 3.45. The van der Waals surface area contributed by atoms with Crippen LogP contribution in [-0.2, 0) is 6.42 Å². The third kappa shape index (κ3) is 2.56. The Labute approximate surface area is 114 Å². The van der Waals surface area contributed by atoms with Gasteiger partial charge in [-0.15, -0.1) is 0 Å². The molecule has 1 fully saturated rings. The van der Waals surface area contributed by atoms with Gasteiger partial charge in [-0.2, -0.15) is 5.10 Å². The number of rotatable bonds is 4. The molecule has 0 spiro atoms. The summed E-state index contributed by atoms with van der Waals surface area (Å²) in [4.78, 5) is 0. The molecule has 1 unspecified atom stereocenters. The van der Waals surface area contributed by atoms with Gasteiger partial charge in [-0.25, -0.2) is 0 Å². The highest BCUT2D eigenvalue weighted by atomic mass is 15.1. The lowest BCUT2D eigenvalue weighted by Gasteiger charge is -2.11. The lowest BCUT2D eigenvalue weighted by atomic mass is 9.99. The molecule has 1 aromatic carbocycles. The van der Waals surface area contributed by atoms with Crippen LogP contribution in [-0.4, -0.2) is 16.7 Å². The summed E-state index contributed by atoms with van der Waals surface area (Å²) in [5.74, 6) is 0. The Morgan fingerprint density at radius 3 is 2.79 bits per heavy atom. The summed E-state index contributed by atoms with van der Waals surface area (Å²) in [5, 5.41) is 10.9. The number of hydrogen-bond donors (Lipinski definition) is 2. The molecule has 100 valence electrons. The molecule has 2 aromatic rings. The summed E-state index contributed by atoms with van der Waals surface area (Å²) in [6.07, 6.45) is 6.75. The van der Waals surface area contributed by atoms with Crippen molar-refractivity contribution in [2.45, 2.75) is 38.6 Å². The first kappa shape index (κ1) is 12.4. The second-order valence-corrected chi connectivity index (χ2v) is 5.29. The number of benzene rings is 1. The Kier molecular flexibility index (Phi) is 3.65. The van der Waals surface area contributed by atoms with Crippen molar-refractivity contribution in [1.82, 2.24) is 15.5 Å². The van der Waals surface area contributed by atoms with E-state index in [4.69, 9.17) is 0 Å². The van der Waals surface area contributed by atoms with Gasteiger partial charge < -0.3 is 5.32 Å². The third-order valence-corrected chi connectivity index (χ3v) is 3.88. The van der Waals surface area contributed by atoms with Gasteiger partial charge in [0.1, 0.15) is 0 Å². The van der Waals surface area contributed by atoms with Gasteiger partial charge in [-0.05, 0) is 36.9 Å². The highest BCUT2D eigenvalue weighted by Gasteiger charge is 2.21. The molecule has 3 heteroatoms. The molecule has 0 amide bonds. The normalized spacial score (nSPS) is 18.9. The molecule has 19 heavy (non-hydrogen) atoms. The first-order valence-corrected chi connectivity index (χ1v) is 7.24. The van der Waals surface area contributed by atoms with Crippen molar-refractivity contribution in [2.75, 3.05) is 6.54 Å². The maximum atomic E-state index is 4.24. The molecule has 3 nitrogen and oxygen atoms in total. The van der Waals surface area contributed by atoms with Crippen molar-refractivity contribution in [3.05, 3.63) is 41.7 Å². The molecule has 0 bridgehead atoms. The van der Waals surface area contributed by atoms with Crippen LogP contribution >= 0.6 is 0 Å². The van der Waals surface area contributed by atoms with Gasteiger partial charge in [0.05, 0.1) is 11.9 Å². The Balaban J connectivity index is 1.87. The van der Waals surface area contributed by atoms with E-state index in [1.807, 2.05) is 6.20 Å². The zero-order valence-electron chi connectivity index (χ0n) is 11.4. The van der Waals surface area contributed by atoms with Crippen molar-refractivity contribution in [2.24, 2.45) is 0 Å². The van der Waals surface area contributed by atoms with Gasteiger partial charge in [0.25, 0.3) is 0 Å². The Bertz CT molecular complexity index is 521. The fourth-order valence-corrected chi connectivity index (χ4v) is 2.86. The molecule has 0 aliphatic carbocycles. The molecule has 1 aromatic heterocycles. The average molecular weight is 255 g/mol. The van der Waals surface area contributed by atoms with E-state index in [2.05, 4.69) is 46.7 Å². The van der Waals surface area contributed by atoms with Crippen molar-refractivity contribution < 1.29 is 0 Å². The van der Waals surface area contributed by atoms with Crippen LogP contribution in [0.25, 0.3) is 11.1 Å². The molecule has 0 saturated carbocycles. The van der Waals surface area contributed by atoms with Crippen molar-refractivity contribution in [3.8, 4) is 11.1 Å². The summed E-state index contributed by atoms with van der Waals surface area (Å²) in [7, 11) is 0. The second-order valence-electron chi connectivity index (χ2n) is 5.29. The van der Waals surface area contributed by atoms with Gasteiger partial charge >= 0.3 is 0 Å². The van der Waals surface area contributed by atoms with Gasteiger partial charge in [-0.3, -0.25) is 5.10 Å². The highest BCUT2D eigenvalue weighted by molar-refractivity contribution is 5.66. The van der Waals surface area contributed by atoms with E-state index in [-0.39, 0.29) is 0 Å². The van der Waals surface area contributed by atoms with Crippen LogP contribution in [0.1, 0.15) is 43.5 Å². The third-order valence-electron chi connectivity index (χ3n) is 3.88. The fraction of sp³-hybridized carbons (Fsp3) is 0.438. The van der Waals surface area contributed by atoms with E-state index in [1.165, 1.54) is 41.6 Å². The number of nitrogens with one attached hydrogen (secondary N) is 2. The molecule has 0 radical (unpaired) electrons. The van der Waals surface area contributed by atoms with E-state index in [0.29, 0.717) is 6.04 Å². The largest absolute Gasteiger partial charge is 0.309 e.